The number of aromatic nitrogens is 1. The summed E-state index contributed by atoms with van der Waals surface area (Å²) in [7, 11) is 1.44. The first-order valence-electron chi connectivity index (χ1n) is 5.70. The molecule has 0 saturated heterocycles. The lowest BCUT2D eigenvalue weighted by atomic mass is 9.96. The van der Waals surface area contributed by atoms with E-state index in [2.05, 4.69) is 4.98 Å². The van der Waals surface area contributed by atoms with Gasteiger partial charge in [0.05, 0.1) is 12.8 Å². The third-order valence-corrected chi connectivity index (χ3v) is 3.45. The Bertz CT molecular complexity index is 582. The van der Waals surface area contributed by atoms with E-state index in [0.717, 1.165) is 29.3 Å². The van der Waals surface area contributed by atoms with Crippen LogP contribution < -0.4 is 0 Å². The first-order valence-corrected chi connectivity index (χ1v) is 5.70. The highest BCUT2D eigenvalue weighted by Crippen LogP contribution is 2.50. The predicted octanol–water partition coefficient (Wildman–Crippen LogP) is 2.44. The maximum atomic E-state index is 11.9. The second kappa shape index (κ2) is 3.55. The van der Waals surface area contributed by atoms with E-state index in [1.807, 2.05) is 30.3 Å². The van der Waals surface area contributed by atoms with E-state index in [9.17, 15) is 4.79 Å². The number of pyridine rings is 1. The van der Waals surface area contributed by atoms with Gasteiger partial charge in [0.1, 0.15) is 5.41 Å². The van der Waals surface area contributed by atoms with E-state index in [1.54, 1.807) is 6.20 Å². The van der Waals surface area contributed by atoms with E-state index >= 15 is 0 Å². The lowest BCUT2D eigenvalue weighted by molar-refractivity contribution is -0.143. The molecule has 1 heterocycles. The van der Waals surface area contributed by atoms with Gasteiger partial charge in [-0.15, -0.1) is 0 Å². The fourth-order valence-corrected chi connectivity index (χ4v) is 2.36. The van der Waals surface area contributed by atoms with Gasteiger partial charge in [-0.2, -0.15) is 0 Å². The van der Waals surface area contributed by atoms with Gasteiger partial charge in [0.2, 0.25) is 0 Å². The Morgan fingerprint density at radius 2 is 2.06 bits per heavy atom. The van der Waals surface area contributed by atoms with Crippen molar-refractivity contribution in [1.29, 1.82) is 0 Å². The molecule has 1 aromatic carbocycles. The van der Waals surface area contributed by atoms with Gasteiger partial charge in [-0.25, -0.2) is 0 Å². The summed E-state index contributed by atoms with van der Waals surface area (Å²) in [5.41, 5.74) is 0.373. The van der Waals surface area contributed by atoms with E-state index < -0.39 is 5.41 Å². The Labute approximate surface area is 99.4 Å². The molecule has 1 saturated carbocycles. The summed E-state index contributed by atoms with van der Waals surface area (Å²) in [4.78, 5) is 16.3. The molecule has 1 aromatic heterocycles. The Morgan fingerprint density at radius 3 is 2.76 bits per heavy atom. The van der Waals surface area contributed by atoms with Crippen LogP contribution in [0.5, 0.6) is 0 Å². The van der Waals surface area contributed by atoms with Crippen molar-refractivity contribution in [2.75, 3.05) is 7.11 Å². The molecule has 2 aromatic rings. The SMILES string of the molecule is COC(=O)C1(c2nccc3ccccc23)CC1. The summed E-state index contributed by atoms with van der Waals surface area (Å²) in [5, 5.41) is 2.17. The molecule has 86 valence electrons. The number of rotatable bonds is 2. The molecular weight excluding hydrogens is 214 g/mol. The molecule has 0 aliphatic heterocycles. The molecule has 3 heteroatoms. The maximum Gasteiger partial charge on any atom is 0.317 e. The van der Waals surface area contributed by atoms with Crippen molar-refractivity contribution in [3.8, 4) is 0 Å². The number of ether oxygens (including phenoxy) is 1. The molecule has 1 fully saturated rings. The molecule has 3 rings (SSSR count). The van der Waals surface area contributed by atoms with Crippen molar-refractivity contribution < 1.29 is 9.53 Å². The first-order chi connectivity index (χ1) is 8.28. The van der Waals surface area contributed by atoms with Crippen LogP contribution in [0.3, 0.4) is 0 Å². The van der Waals surface area contributed by atoms with Crippen LogP contribution in [-0.2, 0) is 14.9 Å². The van der Waals surface area contributed by atoms with Gasteiger partial charge in [-0.3, -0.25) is 9.78 Å². The van der Waals surface area contributed by atoms with Gasteiger partial charge >= 0.3 is 5.97 Å². The molecule has 0 radical (unpaired) electrons. The quantitative estimate of drug-likeness (QED) is 0.740. The van der Waals surface area contributed by atoms with Crippen LogP contribution in [-0.4, -0.2) is 18.1 Å². The summed E-state index contributed by atoms with van der Waals surface area (Å²) >= 11 is 0. The average Bonchev–Trinajstić information content (AvgIpc) is 3.18. The van der Waals surface area contributed by atoms with E-state index in [4.69, 9.17) is 4.74 Å². The fourth-order valence-electron chi connectivity index (χ4n) is 2.36. The Kier molecular flexibility index (Phi) is 2.15. The second-order valence-corrected chi connectivity index (χ2v) is 4.45. The number of nitrogens with zero attached hydrogens (tertiary/aromatic N) is 1. The maximum absolute atomic E-state index is 11.9. The smallest absolute Gasteiger partial charge is 0.317 e. The van der Waals surface area contributed by atoms with Gasteiger partial charge in [-0.05, 0) is 24.3 Å². The van der Waals surface area contributed by atoms with Crippen LogP contribution in [0.1, 0.15) is 18.5 Å². The zero-order valence-electron chi connectivity index (χ0n) is 9.64. The average molecular weight is 227 g/mol. The number of carbonyl (C=O) groups is 1. The van der Waals surface area contributed by atoms with Gasteiger partial charge in [0.15, 0.2) is 0 Å². The van der Waals surface area contributed by atoms with Gasteiger partial charge in [0.25, 0.3) is 0 Å². The van der Waals surface area contributed by atoms with Crippen LogP contribution in [0, 0.1) is 0 Å². The molecule has 0 spiro atoms. The predicted molar refractivity (Wildman–Crippen MR) is 64.7 cm³/mol. The topological polar surface area (TPSA) is 39.2 Å². The highest BCUT2D eigenvalue weighted by Gasteiger charge is 2.54. The molecule has 17 heavy (non-hydrogen) atoms. The standard InChI is InChI=1S/C14H13NO2/c1-17-13(16)14(7-8-14)12-11-5-3-2-4-10(11)6-9-15-12/h2-6,9H,7-8H2,1H3. The Hall–Kier alpha value is -1.90. The molecule has 0 unspecified atom stereocenters. The summed E-state index contributed by atoms with van der Waals surface area (Å²) in [5.74, 6) is -0.165. The lowest BCUT2D eigenvalue weighted by Crippen LogP contribution is -2.23. The molecule has 1 aliphatic carbocycles. The number of hydrogen-bond acceptors (Lipinski definition) is 3. The van der Waals surface area contributed by atoms with Gasteiger partial charge < -0.3 is 4.74 Å². The Morgan fingerprint density at radius 1 is 1.29 bits per heavy atom. The van der Waals surface area contributed by atoms with Crippen LogP contribution in [0.2, 0.25) is 0 Å². The van der Waals surface area contributed by atoms with Crippen LogP contribution in [0.4, 0.5) is 0 Å². The fraction of sp³-hybridized carbons (Fsp3) is 0.286. The van der Waals surface area contributed by atoms with Gasteiger partial charge in [-0.1, -0.05) is 24.3 Å². The molecule has 0 N–H and O–H groups in total. The summed E-state index contributed by atoms with van der Waals surface area (Å²) in [6, 6.07) is 9.98. The number of methoxy groups -OCH3 is 1. The van der Waals surface area contributed by atoms with Crippen LogP contribution in [0.15, 0.2) is 36.5 Å². The van der Waals surface area contributed by atoms with Crippen molar-refractivity contribution in [1.82, 2.24) is 4.98 Å². The van der Waals surface area contributed by atoms with Gasteiger partial charge in [0, 0.05) is 11.6 Å². The molecule has 1 aliphatic rings. The van der Waals surface area contributed by atoms with Crippen molar-refractivity contribution >= 4 is 16.7 Å². The molecule has 0 atom stereocenters. The molecule has 0 amide bonds. The van der Waals surface area contributed by atoms with E-state index in [0.29, 0.717) is 0 Å². The molecule has 3 nitrogen and oxygen atoms in total. The second-order valence-electron chi connectivity index (χ2n) is 4.45. The number of fused-ring (bicyclic) bond motifs is 1. The van der Waals surface area contributed by atoms with E-state index in [-0.39, 0.29) is 5.97 Å². The molecular formula is C14H13NO2. The highest BCUT2D eigenvalue weighted by atomic mass is 16.5. The third-order valence-electron chi connectivity index (χ3n) is 3.45. The normalized spacial score (nSPS) is 16.8. The zero-order chi connectivity index (χ0) is 11.9. The largest absolute Gasteiger partial charge is 0.468 e. The van der Waals surface area contributed by atoms with E-state index in [1.165, 1.54) is 7.11 Å². The molecule has 0 bridgehead atoms. The monoisotopic (exact) mass is 227 g/mol. The van der Waals surface area contributed by atoms with Crippen molar-refractivity contribution in [2.45, 2.75) is 18.3 Å². The first kappa shape index (κ1) is 10.3. The Balaban J connectivity index is 2.21. The number of benzene rings is 1. The zero-order valence-corrected chi connectivity index (χ0v) is 9.64. The third kappa shape index (κ3) is 1.42. The number of carbonyl (C=O) groups excluding carboxylic acids is 1. The van der Waals surface area contributed by atoms with Crippen molar-refractivity contribution in [3.63, 3.8) is 0 Å². The van der Waals surface area contributed by atoms with Crippen LogP contribution >= 0.6 is 0 Å². The van der Waals surface area contributed by atoms with Crippen LogP contribution in [0.25, 0.3) is 10.8 Å². The number of hydrogen-bond donors (Lipinski definition) is 0. The summed E-state index contributed by atoms with van der Waals surface area (Å²) < 4.78 is 4.90. The lowest BCUT2D eigenvalue weighted by Gasteiger charge is -2.14. The minimum Gasteiger partial charge on any atom is -0.468 e. The summed E-state index contributed by atoms with van der Waals surface area (Å²) in [6.45, 7) is 0. The highest BCUT2D eigenvalue weighted by molar-refractivity contribution is 5.94. The number of esters is 1. The minimum absolute atomic E-state index is 0.165. The van der Waals surface area contributed by atoms with Crippen molar-refractivity contribution in [2.24, 2.45) is 0 Å². The van der Waals surface area contributed by atoms with Crippen molar-refractivity contribution in [3.05, 3.63) is 42.2 Å². The minimum atomic E-state index is -0.490. The summed E-state index contributed by atoms with van der Waals surface area (Å²) in [6.07, 6.45) is 3.43.